The van der Waals surface area contributed by atoms with E-state index in [-0.39, 0.29) is 24.7 Å². The highest BCUT2D eigenvalue weighted by molar-refractivity contribution is 5.99. The summed E-state index contributed by atoms with van der Waals surface area (Å²) in [5.41, 5.74) is 2.97. The van der Waals surface area contributed by atoms with E-state index in [1.165, 1.54) is 0 Å². The van der Waals surface area contributed by atoms with Gasteiger partial charge in [0.1, 0.15) is 0 Å². The molecule has 0 fully saturated rings. The Morgan fingerprint density at radius 2 is 1.68 bits per heavy atom. The Kier molecular flexibility index (Phi) is 3.71. The van der Waals surface area contributed by atoms with Crippen LogP contribution in [0.25, 0.3) is 0 Å². The summed E-state index contributed by atoms with van der Waals surface area (Å²) in [6.07, 6.45) is -0.770. The fourth-order valence-electron chi connectivity index (χ4n) is 4.72. The van der Waals surface area contributed by atoms with Crippen molar-refractivity contribution >= 4 is 5.91 Å². The number of nitrogens with zero attached hydrogens (tertiary/aromatic N) is 1. The highest BCUT2D eigenvalue weighted by Crippen LogP contribution is 2.58. The zero-order valence-electron chi connectivity index (χ0n) is 15.9. The number of hydrogen-bond donors (Lipinski definition) is 1. The number of likely N-dealkylation sites (N-methyl/N-ethyl adjacent to an activating group) is 1. The van der Waals surface area contributed by atoms with Crippen LogP contribution in [0.15, 0.2) is 24.3 Å². The maximum absolute atomic E-state index is 13.3. The van der Waals surface area contributed by atoms with Crippen LogP contribution in [0.5, 0.6) is 23.0 Å². The lowest BCUT2D eigenvalue weighted by atomic mass is 9.82. The van der Waals surface area contributed by atoms with Gasteiger partial charge in [0.05, 0.1) is 26.4 Å². The summed E-state index contributed by atoms with van der Waals surface area (Å²) in [6.45, 7) is 2.63. The number of aliphatic hydroxyl groups is 1. The predicted molar refractivity (Wildman–Crippen MR) is 99.3 cm³/mol. The molecule has 28 heavy (non-hydrogen) atoms. The second-order valence-corrected chi connectivity index (χ2v) is 7.14. The molecule has 0 aromatic heterocycles. The number of methoxy groups -OCH3 is 2. The summed E-state index contributed by atoms with van der Waals surface area (Å²) in [7, 11) is 3.10. The van der Waals surface area contributed by atoms with E-state index in [1.54, 1.807) is 25.2 Å². The Hall–Kier alpha value is -2.93. The average molecular weight is 383 g/mol. The Bertz CT molecular complexity index is 987. The first-order chi connectivity index (χ1) is 13.6. The Balaban J connectivity index is 1.73. The van der Waals surface area contributed by atoms with Crippen LogP contribution in [0.2, 0.25) is 0 Å². The zero-order chi connectivity index (χ0) is 19.6. The van der Waals surface area contributed by atoms with Crippen molar-refractivity contribution in [3.63, 3.8) is 0 Å². The first-order valence-corrected chi connectivity index (χ1v) is 9.27. The fourth-order valence-corrected chi connectivity index (χ4v) is 4.72. The van der Waals surface area contributed by atoms with E-state index in [9.17, 15) is 9.90 Å². The predicted octanol–water partition coefficient (Wildman–Crippen LogP) is 2.78. The third kappa shape index (κ3) is 2.10. The van der Waals surface area contributed by atoms with Crippen molar-refractivity contribution in [1.82, 2.24) is 4.90 Å². The van der Waals surface area contributed by atoms with Gasteiger partial charge in [-0.05, 0) is 47.9 Å². The molecule has 0 unspecified atom stereocenters. The first-order valence-electron chi connectivity index (χ1n) is 9.27. The molecular weight excluding hydrogens is 362 g/mol. The van der Waals surface area contributed by atoms with Crippen molar-refractivity contribution in [1.29, 1.82) is 0 Å². The average Bonchev–Trinajstić information content (AvgIpc) is 3.28. The van der Waals surface area contributed by atoms with Crippen molar-refractivity contribution in [3.8, 4) is 23.0 Å². The molecule has 2 heterocycles. The maximum Gasteiger partial charge on any atom is 0.254 e. The first kappa shape index (κ1) is 17.2. The maximum atomic E-state index is 13.3. The smallest absolute Gasteiger partial charge is 0.254 e. The molecule has 0 bridgehead atoms. The van der Waals surface area contributed by atoms with E-state index in [1.807, 2.05) is 25.1 Å². The van der Waals surface area contributed by atoms with Crippen LogP contribution in [-0.2, 0) is 0 Å². The number of hydrogen-bond acceptors (Lipinski definition) is 6. The number of benzene rings is 2. The summed E-state index contributed by atoms with van der Waals surface area (Å²) < 4.78 is 21.8. The molecular formula is C21H21NO6. The number of amides is 1. The molecule has 1 aliphatic carbocycles. The molecule has 0 saturated heterocycles. The summed E-state index contributed by atoms with van der Waals surface area (Å²) in [6, 6.07) is 6.97. The van der Waals surface area contributed by atoms with Gasteiger partial charge < -0.3 is 29.0 Å². The zero-order valence-corrected chi connectivity index (χ0v) is 15.9. The molecule has 3 aliphatic rings. The molecule has 0 spiro atoms. The van der Waals surface area contributed by atoms with Crippen LogP contribution in [0.3, 0.4) is 0 Å². The Morgan fingerprint density at radius 1 is 1.04 bits per heavy atom. The molecule has 5 rings (SSSR count). The van der Waals surface area contributed by atoms with Crippen molar-refractivity contribution in [2.45, 2.75) is 25.0 Å². The van der Waals surface area contributed by atoms with E-state index in [0.29, 0.717) is 35.1 Å². The highest BCUT2D eigenvalue weighted by Gasteiger charge is 2.50. The van der Waals surface area contributed by atoms with Crippen LogP contribution in [0.4, 0.5) is 0 Å². The van der Waals surface area contributed by atoms with Gasteiger partial charge in [0, 0.05) is 18.0 Å². The summed E-state index contributed by atoms with van der Waals surface area (Å²) in [5, 5.41) is 11.2. The van der Waals surface area contributed by atoms with E-state index >= 15 is 0 Å². The molecule has 7 heteroatoms. The largest absolute Gasteiger partial charge is 0.493 e. The van der Waals surface area contributed by atoms with Crippen molar-refractivity contribution in [2.24, 2.45) is 0 Å². The van der Waals surface area contributed by atoms with E-state index < -0.39 is 6.10 Å². The van der Waals surface area contributed by atoms with Crippen molar-refractivity contribution in [3.05, 3.63) is 46.5 Å². The van der Waals surface area contributed by atoms with Gasteiger partial charge in [-0.25, -0.2) is 0 Å². The number of ether oxygens (including phenoxy) is 4. The van der Waals surface area contributed by atoms with E-state index in [4.69, 9.17) is 18.9 Å². The number of rotatable bonds is 3. The van der Waals surface area contributed by atoms with Crippen LogP contribution in [0, 0.1) is 0 Å². The lowest BCUT2D eigenvalue weighted by Crippen LogP contribution is -2.41. The lowest BCUT2D eigenvalue weighted by Gasteiger charge is -2.39. The van der Waals surface area contributed by atoms with Crippen LogP contribution in [-0.4, -0.2) is 43.5 Å². The summed E-state index contributed by atoms with van der Waals surface area (Å²) >= 11 is 0. The van der Waals surface area contributed by atoms with E-state index in [0.717, 1.165) is 16.7 Å². The van der Waals surface area contributed by atoms with Gasteiger partial charge >= 0.3 is 0 Å². The molecule has 2 aromatic carbocycles. The molecule has 2 aromatic rings. The number of carbonyl (C=O) groups excluding carboxylic acids is 1. The van der Waals surface area contributed by atoms with Gasteiger partial charge in [0.2, 0.25) is 6.79 Å². The van der Waals surface area contributed by atoms with Gasteiger partial charge in [-0.1, -0.05) is 0 Å². The molecule has 1 amide bonds. The van der Waals surface area contributed by atoms with Crippen LogP contribution < -0.4 is 18.9 Å². The number of aliphatic hydroxyl groups excluding tert-OH is 1. The molecule has 0 radical (unpaired) electrons. The monoisotopic (exact) mass is 383 g/mol. The topological polar surface area (TPSA) is 77.5 Å². The van der Waals surface area contributed by atoms with Gasteiger partial charge in [-0.2, -0.15) is 0 Å². The number of fused-ring (bicyclic) bond motifs is 6. The summed E-state index contributed by atoms with van der Waals surface area (Å²) in [5.74, 6) is 1.92. The second kappa shape index (κ2) is 6.04. The number of carbonyl (C=O) groups is 1. The lowest BCUT2D eigenvalue weighted by molar-refractivity contribution is 0.0524. The minimum atomic E-state index is -0.770. The minimum Gasteiger partial charge on any atom is -0.493 e. The highest BCUT2D eigenvalue weighted by atomic mass is 16.7. The van der Waals surface area contributed by atoms with Crippen LogP contribution >= 0.6 is 0 Å². The summed E-state index contributed by atoms with van der Waals surface area (Å²) in [4.78, 5) is 15.1. The molecule has 3 atom stereocenters. The molecule has 146 valence electrons. The van der Waals surface area contributed by atoms with Crippen molar-refractivity contribution in [2.75, 3.05) is 27.6 Å². The van der Waals surface area contributed by atoms with Crippen LogP contribution in [0.1, 0.15) is 52.0 Å². The van der Waals surface area contributed by atoms with Gasteiger partial charge in [-0.3, -0.25) is 4.79 Å². The second-order valence-electron chi connectivity index (χ2n) is 7.14. The molecule has 2 aliphatic heterocycles. The van der Waals surface area contributed by atoms with Gasteiger partial charge in [0.25, 0.3) is 5.91 Å². The SMILES string of the molecule is CCN1C(=O)c2cc(OC)c(OC)cc2[C@@H]2[C@H]1c1cc3c(cc1[C@@H]2O)OCO3. The Labute approximate surface area is 162 Å². The molecule has 7 nitrogen and oxygen atoms in total. The van der Waals surface area contributed by atoms with Gasteiger partial charge in [-0.15, -0.1) is 0 Å². The standard InChI is InChI=1S/C21H21NO6/c1-4-22-19-11-6-16-17(28-9-27-16)7-12(11)20(23)18(19)10-5-14(25-2)15(26-3)8-13(10)21(22)24/h5-8,18-20,23H,4,9H2,1-3H3/t18-,19-,20+/m1/s1. The third-order valence-corrected chi connectivity index (χ3v) is 5.98. The minimum absolute atomic E-state index is 0.0857. The fraction of sp³-hybridized carbons (Fsp3) is 0.381. The molecule has 1 N–H and O–H groups in total. The van der Waals surface area contributed by atoms with Gasteiger partial charge in [0.15, 0.2) is 23.0 Å². The normalized spacial score (nSPS) is 23.9. The van der Waals surface area contributed by atoms with E-state index in [2.05, 4.69) is 0 Å². The quantitative estimate of drug-likeness (QED) is 0.878. The third-order valence-electron chi connectivity index (χ3n) is 5.98. The Morgan fingerprint density at radius 3 is 2.32 bits per heavy atom. The van der Waals surface area contributed by atoms with Crippen molar-refractivity contribution < 1.29 is 28.8 Å². The molecule has 0 saturated carbocycles.